The van der Waals surface area contributed by atoms with E-state index in [1.165, 1.54) is 78.6 Å². The highest BCUT2D eigenvalue weighted by molar-refractivity contribution is 7.26. The first-order valence-electron chi connectivity index (χ1n) is 16.9. The van der Waals surface area contributed by atoms with Gasteiger partial charge in [0.15, 0.2) is 0 Å². The summed E-state index contributed by atoms with van der Waals surface area (Å²) in [6, 6.07) is 62.5. The monoisotopic (exact) mass is 672 g/mol. The summed E-state index contributed by atoms with van der Waals surface area (Å²) in [4.78, 5) is 2.45. The molecule has 0 saturated carbocycles. The highest BCUT2D eigenvalue weighted by Gasteiger charge is 2.19. The van der Waals surface area contributed by atoms with Gasteiger partial charge < -0.3 is 9.47 Å². The quantitative estimate of drug-likeness (QED) is 0.181. The highest BCUT2D eigenvalue weighted by Crippen LogP contribution is 2.45. The molecule has 50 heavy (non-hydrogen) atoms. The van der Waals surface area contributed by atoms with Crippen LogP contribution < -0.4 is 4.90 Å². The van der Waals surface area contributed by atoms with E-state index in [9.17, 15) is 0 Å². The molecule has 0 fully saturated rings. The summed E-state index contributed by atoms with van der Waals surface area (Å²) < 4.78 is 7.65. The van der Waals surface area contributed by atoms with E-state index in [2.05, 4.69) is 179 Å². The predicted molar refractivity (Wildman–Crippen MR) is 219 cm³/mol. The molecule has 0 aliphatic carbocycles. The van der Waals surface area contributed by atoms with Gasteiger partial charge in [0.05, 0.1) is 11.0 Å². The van der Waals surface area contributed by atoms with Gasteiger partial charge in [-0.3, -0.25) is 0 Å². The van der Waals surface area contributed by atoms with Gasteiger partial charge in [-0.2, -0.15) is 0 Å². The Balaban J connectivity index is 1.19. The Kier molecular flexibility index (Phi) is 6.03. The maximum absolute atomic E-state index is 2.45. The summed E-state index contributed by atoms with van der Waals surface area (Å²) in [6.45, 7) is 0. The van der Waals surface area contributed by atoms with Gasteiger partial charge in [-0.15, -0.1) is 22.7 Å². The summed E-state index contributed by atoms with van der Waals surface area (Å²) in [5.74, 6) is 0. The molecule has 0 unspecified atom stereocenters. The number of hydrogen-bond donors (Lipinski definition) is 0. The fraction of sp³-hybridized carbons (Fsp3) is 0. The number of nitrogens with zero attached hydrogens (tertiary/aromatic N) is 2. The van der Waals surface area contributed by atoms with Gasteiger partial charge in [0.25, 0.3) is 0 Å². The number of aromatic nitrogens is 1. The van der Waals surface area contributed by atoms with Crippen LogP contribution in [0.1, 0.15) is 0 Å². The Hall–Kier alpha value is -5.94. The lowest BCUT2D eigenvalue weighted by atomic mass is 10.0. The fourth-order valence-corrected chi connectivity index (χ4v) is 10.2. The molecular weight excluding hydrogens is 645 g/mol. The van der Waals surface area contributed by atoms with Crippen LogP contribution in [0, 0.1) is 0 Å². The first-order valence-corrected chi connectivity index (χ1v) is 18.6. The van der Waals surface area contributed by atoms with Gasteiger partial charge in [0, 0.05) is 73.9 Å². The predicted octanol–water partition coefficient (Wildman–Crippen LogP) is 14.1. The number of para-hydroxylation sites is 2. The van der Waals surface area contributed by atoms with Crippen LogP contribution in [0.25, 0.3) is 78.6 Å². The maximum Gasteiger partial charge on any atom is 0.0542 e. The number of thiophene rings is 2. The molecule has 11 rings (SSSR count). The first-order chi connectivity index (χ1) is 24.8. The molecule has 0 bridgehead atoms. The zero-order chi connectivity index (χ0) is 32.8. The molecule has 0 aliphatic heterocycles. The summed E-state index contributed by atoms with van der Waals surface area (Å²) in [7, 11) is 0. The minimum absolute atomic E-state index is 1.13. The average molecular weight is 673 g/mol. The molecule has 8 aromatic carbocycles. The summed E-state index contributed by atoms with van der Waals surface area (Å²) in [6.07, 6.45) is 0. The number of anilines is 3. The van der Waals surface area contributed by atoms with Crippen molar-refractivity contribution in [2.45, 2.75) is 0 Å². The van der Waals surface area contributed by atoms with E-state index in [0.717, 1.165) is 17.1 Å². The van der Waals surface area contributed by atoms with Gasteiger partial charge >= 0.3 is 0 Å². The van der Waals surface area contributed by atoms with Crippen molar-refractivity contribution >= 4 is 113 Å². The van der Waals surface area contributed by atoms with Gasteiger partial charge in [-0.25, -0.2) is 0 Å². The zero-order valence-corrected chi connectivity index (χ0v) is 28.5. The third kappa shape index (κ3) is 4.13. The molecular formula is C46H28N2S2. The van der Waals surface area contributed by atoms with Crippen molar-refractivity contribution < 1.29 is 0 Å². The lowest BCUT2D eigenvalue weighted by Crippen LogP contribution is -2.10. The SMILES string of the molecule is c1ccc(-n2c3ccccc3c3cc(N(c4ccc5c(c4)sc4ccccc45)c4ccc5ccc6sc7ccccc7c6c5c4)ccc32)cc1. The van der Waals surface area contributed by atoms with Gasteiger partial charge in [-0.1, -0.05) is 91.0 Å². The Morgan fingerprint density at radius 1 is 0.360 bits per heavy atom. The Bertz CT molecular complexity index is 3110. The van der Waals surface area contributed by atoms with Crippen molar-refractivity contribution in [3.8, 4) is 5.69 Å². The van der Waals surface area contributed by atoms with E-state index < -0.39 is 0 Å². The molecule has 0 radical (unpaired) electrons. The molecule has 4 heteroatoms. The highest BCUT2D eigenvalue weighted by atomic mass is 32.1. The number of benzene rings is 8. The summed E-state index contributed by atoms with van der Waals surface area (Å²) in [5, 5.41) is 10.3. The van der Waals surface area contributed by atoms with E-state index >= 15 is 0 Å². The number of hydrogen-bond acceptors (Lipinski definition) is 3. The van der Waals surface area contributed by atoms with Crippen LogP contribution in [0.15, 0.2) is 170 Å². The minimum atomic E-state index is 1.13. The lowest BCUT2D eigenvalue weighted by molar-refractivity contribution is 1.18. The Labute approximate surface area is 296 Å². The summed E-state index contributed by atoms with van der Waals surface area (Å²) in [5.41, 5.74) is 7.01. The van der Waals surface area contributed by atoms with E-state index in [1.54, 1.807) is 0 Å². The lowest BCUT2D eigenvalue weighted by Gasteiger charge is -2.26. The van der Waals surface area contributed by atoms with Gasteiger partial charge in [0.2, 0.25) is 0 Å². The molecule has 3 heterocycles. The largest absolute Gasteiger partial charge is 0.310 e. The van der Waals surface area contributed by atoms with Crippen LogP contribution in [0.2, 0.25) is 0 Å². The van der Waals surface area contributed by atoms with Crippen LogP contribution >= 0.6 is 22.7 Å². The van der Waals surface area contributed by atoms with Crippen molar-refractivity contribution in [3.05, 3.63) is 170 Å². The third-order valence-corrected chi connectivity index (χ3v) is 12.4. The average Bonchev–Trinajstić information content (AvgIpc) is 3.84. The Morgan fingerprint density at radius 3 is 1.80 bits per heavy atom. The van der Waals surface area contributed by atoms with Gasteiger partial charge in [0.1, 0.15) is 0 Å². The standard InChI is InChI=1S/C46H28N2S2/c1-2-10-30(11-3-1)48-40-15-7-4-12-34(40)39-27-32(22-24-41(39)48)47(33-21-23-36-35-13-5-8-16-42(35)50-45(36)28-33)31-20-18-29-19-25-44-46(38(29)26-31)37-14-6-9-17-43(37)49-44/h1-28H. The van der Waals surface area contributed by atoms with Crippen molar-refractivity contribution in [3.63, 3.8) is 0 Å². The van der Waals surface area contributed by atoms with Crippen LogP contribution in [0.3, 0.4) is 0 Å². The number of fused-ring (bicyclic) bond motifs is 11. The van der Waals surface area contributed by atoms with Crippen molar-refractivity contribution in [2.24, 2.45) is 0 Å². The number of rotatable bonds is 4. The van der Waals surface area contributed by atoms with E-state index in [0.29, 0.717) is 0 Å². The molecule has 0 aliphatic rings. The van der Waals surface area contributed by atoms with Crippen molar-refractivity contribution in [2.75, 3.05) is 4.90 Å². The van der Waals surface area contributed by atoms with E-state index in [4.69, 9.17) is 0 Å². The van der Waals surface area contributed by atoms with Crippen LogP contribution in [-0.2, 0) is 0 Å². The first kappa shape index (κ1) is 28.0. The topological polar surface area (TPSA) is 8.17 Å². The molecule has 11 aromatic rings. The molecule has 0 N–H and O–H groups in total. The second kappa shape index (κ2) is 10.8. The molecule has 0 saturated heterocycles. The van der Waals surface area contributed by atoms with Crippen LogP contribution in [0.5, 0.6) is 0 Å². The molecule has 0 atom stereocenters. The normalized spacial score (nSPS) is 12.0. The van der Waals surface area contributed by atoms with E-state index in [1.807, 2.05) is 22.7 Å². The minimum Gasteiger partial charge on any atom is -0.310 e. The second-order valence-corrected chi connectivity index (χ2v) is 15.1. The van der Waals surface area contributed by atoms with Gasteiger partial charge in [-0.05, 0) is 89.6 Å². The fourth-order valence-electron chi connectivity index (χ4n) is 7.93. The van der Waals surface area contributed by atoms with E-state index in [-0.39, 0.29) is 0 Å². The van der Waals surface area contributed by atoms with Crippen LogP contribution in [-0.4, -0.2) is 4.57 Å². The second-order valence-electron chi connectivity index (χ2n) is 12.9. The zero-order valence-electron chi connectivity index (χ0n) is 26.9. The molecule has 2 nitrogen and oxygen atoms in total. The maximum atomic E-state index is 2.45. The summed E-state index contributed by atoms with van der Waals surface area (Å²) >= 11 is 3.74. The van der Waals surface area contributed by atoms with Crippen LogP contribution in [0.4, 0.5) is 17.1 Å². The molecule has 3 aromatic heterocycles. The molecule has 0 spiro atoms. The third-order valence-electron chi connectivity index (χ3n) is 10.2. The van der Waals surface area contributed by atoms with Crippen molar-refractivity contribution in [1.29, 1.82) is 0 Å². The Morgan fingerprint density at radius 2 is 0.940 bits per heavy atom. The molecule has 234 valence electrons. The van der Waals surface area contributed by atoms with Crippen molar-refractivity contribution in [1.82, 2.24) is 4.57 Å². The smallest absolute Gasteiger partial charge is 0.0542 e. The molecule has 0 amide bonds.